The summed E-state index contributed by atoms with van der Waals surface area (Å²) in [7, 11) is 1.67. The van der Waals surface area contributed by atoms with Gasteiger partial charge in [0.25, 0.3) is 0 Å². The van der Waals surface area contributed by atoms with Gasteiger partial charge < -0.3 is 20.5 Å². The van der Waals surface area contributed by atoms with Gasteiger partial charge in [-0.2, -0.15) is 0 Å². The van der Waals surface area contributed by atoms with Crippen LogP contribution in [0.1, 0.15) is 12.0 Å². The smallest absolute Gasteiger partial charge is 0.125 e. The molecule has 106 valence electrons. The van der Waals surface area contributed by atoms with Crippen LogP contribution in [0, 0.1) is 0 Å². The minimum absolute atomic E-state index is 0.740. The van der Waals surface area contributed by atoms with E-state index in [-0.39, 0.29) is 0 Å². The molecule has 0 bridgehead atoms. The maximum atomic E-state index is 5.83. The third kappa shape index (κ3) is 5.77. The zero-order valence-electron chi connectivity index (χ0n) is 11.9. The summed E-state index contributed by atoms with van der Waals surface area (Å²) in [4.78, 5) is 0. The molecule has 0 saturated carbocycles. The number of methoxy groups -OCH3 is 1. The van der Waals surface area contributed by atoms with Crippen molar-refractivity contribution in [3.63, 3.8) is 0 Å². The lowest BCUT2D eigenvalue weighted by molar-refractivity contribution is -0.670. The van der Waals surface area contributed by atoms with Gasteiger partial charge in [0.1, 0.15) is 24.6 Å². The first kappa shape index (κ1) is 15.5. The van der Waals surface area contributed by atoms with Crippen LogP contribution in [0.5, 0.6) is 11.5 Å². The average molecular weight is 266 g/mol. The van der Waals surface area contributed by atoms with E-state index in [9.17, 15) is 0 Å². The zero-order chi connectivity index (χ0) is 13.9. The second kappa shape index (κ2) is 9.42. The topological polar surface area (TPSA) is 62.7 Å². The van der Waals surface area contributed by atoms with Crippen LogP contribution in [0.2, 0.25) is 0 Å². The van der Waals surface area contributed by atoms with E-state index in [1.807, 2.05) is 24.3 Å². The van der Waals surface area contributed by atoms with Gasteiger partial charge in [0, 0.05) is 12.0 Å². The van der Waals surface area contributed by atoms with E-state index in [1.165, 1.54) is 0 Å². The van der Waals surface area contributed by atoms with Crippen molar-refractivity contribution in [2.45, 2.75) is 12.8 Å². The SMILES string of the molecule is C=CCc1cc(OC)ccc1OCCC[NH2+]CC[NH3+]. The first-order valence-corrected chi connectivity index (χ1v) is 6.83. The molecule has 0 aliphatic rings. The predicted octanol–water partition coefficient (Wildman–Crippen LogP) is -0.00210. The Kier molecular flexibility index (Phi) is 7.70. The molecule has 1 aromatic carbocycles. The van der Waals surface area contributed by atoms with Gasteiger partial charge in [0.2, 0.25) is 0 Å². The van der Waals surface area contributed by atoms with Gasteiger partial charge in [-0.3, -0.25) is 0 Å². The third-order valence-corrected chi connectivity index (χ3v) is 2.85. The van der Waals surface area contributed by atoms with Crippen molar-refractivity contribution in [2.75, 3.05) is 33.4 Å². The summed E-state index contributed by atoms with van der Waals surface area (Å²) < 4.78 is 11.1. The Labute approximate surface area is 115 Å². The van der Waals surface area contributed by atoms with E-state index in [0.29, 0.717) is 0 Å². The molecule has 5 N–H and O–H groups in total. The van der Waals surface area contributed by atoms with E-state index < -0.39 is 0 Å². The van der Waals surface area contributed by atoms with Crippen molar-refractivity contribution in [3.8, 4) is 11.5 Å². The largest absolute Gasteiger partial charge is 0.497 e. The lowest BCUT2D eigenvalue weighted by Gasteiger charge is -2.11. The Morgan fingerprint density at radius 2 is 2.21 bits per heavy atom. The number of ether oxygens (including phenoxy) is 2. The molecule has 4 nitrogen and oxygen atoms in total. The maximum absolute atomic E-state index is 5.83. The van der Waals surface area contributed by atoms with Crippen LogP contribution in [-0.2, 0) is 6.42 Å². The van der Waals surface area contributed by atoms with Crippen molar-refractivity contribution < 1.29 is 20.5 Å². The molecule has 0 amide bonds. The highest BCUT2D eigenvalue weighted by Crippen LogP contribution is 2.24. The van der Waals surface area contributed by atoms with Crippen LogP contribution < -0.4 is 20.5 Å². The molecule has 0 heterocycles. The summed E-state index contributed by atoms with van der Waals surface area (Å²) in [5, 5.41) is 2.27. The Morgan fingerprint density at radius 3 is 2.89 bits per heavy atom. The minimum atomic E-state index is 0.740. The molecule has 0 radical (unpaired) electrons. The van der Waals surface area contributed by atoms with Crippen LogP contribution in [0.3, 0.4) is 0 Å². The van der Waals surface area contributed by atoms with Crippen LogP contribution in [0.4, 0.5) is 0 Å². The lowest BCUT2D eigenvalue weighted by Crippen LogP contribution is -2.88. The molecule has 0 aromatic heterocycles. The van der Waals surface area contributed by atoms with E-state index in [4.69, 9.17) is 9.47 Å². The fraction of sp³-hybridized carbons (Fsp3) is 0.467. The molecular formula is C15H26N2O2+2. The molecule has 0 aliphatic heterocycles. The number of hydrogen-bond acceptors (Lipinski definition) is 2. The Balaban J connectivity index is 2.45. The molecule has 0 atom stereocenters. The second-order valence-electron chi connectivity index (χ2n) is 4.39. The van der Waals surface area contributed by atoms with Gasteiger partial charge in [-0.25, -0.2) is 0 Å². The number of quaternary nitrogens is 2. The van der Waals surface area contributed by atoms with Gasteiger partial charge in [0.05, 0.1) is 20.3 Å². The molecule has 19 heavy (non-hydrogen) atoms. The van der Waals surface area contributed by atoms with Crippen molar-refractivity contribution in [1.82, 2.24) is 0 Å². The average Bonchev–Trinajstić information content (AvgIpc) is 2.44. The van der Waals surface area contributed by atoms with Crippen LogP contribution >= 0.6 is 0 Å². The predicted molar refractivity (Wildman–Crippen MR) is 76.4 cm³/mol. The van der Waals surface area contributed by atoms with E-state index in [1.54, 1.807) is 7.11 Å². The summed E-state index contributed by atoms with van der Waals surface area (Å²) in [5.74, 6) is 1.78. The molecular weight excluding hydrogens is 240 g/mol. The molecule has 0 unspecified atom stereocenters. The molecule has 0 aliphatic carbocycles. The minimum Gasteiger partial charge on any atom is -0.497 e. The number of hydrogen-bond donors (Lipinski definition) is 2. The van der Waals surface area contributed by atoms with Crippen molar-refractivity contribution in [1.29, 1.82) is 0 Å². The highest BCUT2D eigenvalue weighted by molar-refractivity contribution is 5.41. The van der Waals surface area contributed by atoms with Gasteiger partial charge in [-0.05, 0) is 24.6 Å². The number of nitrogens with two attached hydrogens (primary N) is 1. The quantitative estimate of drug-likeness (QED) is 0.462. The molecule has 0 spiro atoms. The maximum Gasteiger partial charge on any atom is 0.125 e. The molecule has 1 rings (SSSR count). The summed E-state index contributed by atoms with van der Waals surface area (Å²) in [5.41, 5.74) is 4.94. The summed E-state index contributed by atoms with van der Waals surface area (Å²) >= 11 is 0. The fourth-order valence-corrected chi connectivity index (χ4v) is 1.84. The van der Waals surface area contributed by atoms with Gasteiger partial charge in [0.15, 0.2) is 0 Å². The monoisotopic (exact) mass is 266 g/mol. The Bertz CT molecular complexity index is 380. The van der Waals surface area contributed by atoms with Crippen LogP contribution in [0.15, 0.2) is 30.9 Å². The van der Waals surface area contributed by atoms with Crippen LogP contribution in [-0.4, -0.2) is 33.4 Å². The molecule has 4 heteroatoms. The Morgan fingerprint density at radius 1 is 1.37 bits per heavy atom. The van der Waals surface area contributed by atoms with E-state index >= 15 is 0 Å². The fourth-order valence-electron chi connectivity index (χ4n) is 1.84. The first-order valence-electron chi connectivity index (χ1n) is 6.83. The highest BCUT2D eigenvalue weighted by Gasteiger charge is 2.04. The summed E-state index contributed by atoms with van der Waals surface area (Å²) in [6, 6.07) is 5.90. The first-order chi connectivity index (χ1) is 9.31. The second-order valence-corrected chi connectivity index (χ2v) is 4.39. The van der Waals surface area contributed by atoms with Crippen molar-refractivity contribution >= 4 is 0 Å². The van der Waals surface area contributed by atoms with E-state index in [2.05, 4.69) is 17.6 Å². The third-order valence-electron chi connectivity index (χ3n) is 2.85. The standard InChI is InChI=1S/C15H24N2O2/c1-3-5-13-12-14(18-2)6-7-15(13)19-11-4-9-17-10-8-16/h3,6-7,12,17H,1,4-5,8-11,16H2,2H3/p+2. The molecule has 0 fully saturated rings. The molecule has 0 saturated heterocycles. The van der Waals surface area contributed by atoms with Gasteiger partial charge in [-0.1, -0.05) is 6.08 Å². The number of rotatable bonds is 10. The normalized spacial score (nSPS) is 10.2. The summed E-state index contributed by atoms with van der Waals surface area (Å²) in [6.07, 6.45) is 3.71. The van der Waals surface area contributed by atoms with Crippen molar-refractivity contribution in [3.05, 3.63) is 36.4 Å². The number of benzene rings is 1. The van der Waals surface area contributed by atoms with Crippen LogP contribution in [0.25, 0.3) is 0 Å². The zero-order valence-corrected chi connectivity index (χ0v) is 11.9. The highest BCUT2D eigenvalue weighted by atomic mass is 16.5. The van der Waals surface area contributed by atoms with Gasteiger partial charge >= 0.3 is 0 Å². The number of allylic oxidation sites excluding steroid dienone is 1. The van der Waals surface area contributed by atoms with Gasteiger partial charge in [-0.15, -0.1) is 6.58 Å². The molecule has 1 aromatic rings. The summed E-state index contributed by atoms with van der Waals surface area (Å²) in [6.45, 7) is 7.66. The Hall–Kier alpha value is -1.52. The lowest BCUT2D eigenvalue weighted by atomic mass is 10.1. The van der Waals surface area contributed by atoms with Crippen molar-refractivity contribution in [2.24, 2.45) is 0 Å². The van der Waals surface area contributed by atoms with E-state index in [0.717, 1.165) is 56.1 Å².